The van der Waals surface area contributed by atoms with Crippen LogP contribution in [0, 0.1) is 6.92 Å². The molecular weight excluding hydrogens is 212 g/mol. The number of aromatic nitrogens is 1. The lowest BCUT2D eigenvalue weighted by molar-refractivity contribution is 0.475. The zero-order valence-electron chi connectivity index (χ0n) is 9.51. The summed E-state index contributed by atoms with van der Waals surface area (Å²) in [7, 11) is 1.50. The van der Waals surface area contributed by atoms with E-state index < -0.39 is 0 Å². The quantitative estimate of drug-likeness (QED) is 0.794. The summed E-state index contributed by atoms with van der Waals surface area (Å²) < 4.78 is 0. The van der Waals surface area contributed by atoms with Gasteiger partial charge in [0.05, 0.1) is 5.69 Å². The third-order valence-corrected chi connectivity index (χ3v) is 2.05. The number of nitrogens with two attached hydrogens (primary N) is 1. The van der Waals surface area contributed by atoms with Gasteiger partial charge in [-0.1, -0.05) is 13.5 Å². The van der Waals surface area contributed by atoms with Crippen LogP contribution in [0.5, 0.6) is 5.75 Å². The number of aryl methyl sites for hydroxylation is 1. The molecule has 0 aliphatic carbocycles. The predicted octanol–water partition coefficient (Wildman–Crippen LogP) is 2.97. The fraction of sp³-hybridized carbons (Fsp3) is 0.214. The van der Waals surface area contributed by atoms with Gasteiger partial charge in [0.25, 0.3) is 0 Å². The van der Waals surface area contributed by atoms with Crippen LogP contribution in [-0.2, 0) is 0 Å². The molecule has 0 atom stereocenters. The molecule has 3 N–H and O–H groups in total. The number of pyridine rings is 1. The Bertz CT molecular complexity index is 438. The summed E-state index contributed by atoms with van der Waals surface area (Å²) in [5, 5.41) is 9.14. The molecule has 92 valence electrons. The van der Waals surface area contributed by atoms with Gasteiger partial charge in [-0.3, -0.25) is 4.98 Å². The fourth-order valence-electron chi connectivity index (χ4n) is 1.34. The van der Waals surface area contributed by atoms with Gasteiger partial charge in [0, 0.05) is 11.3 Å². The Morgan fingerprint density at radius 3 is 2.12 bits per heavy atom. The third kappa shape index (κ3) is 4.25. The van der Waals surface area contributed by atoms with Crippen LogP contribution in [0.1, 0.15) is 13.1 Å². The number of phenols is 1. The van der Waals surface area contributed by atoms with Gasteiger partial charge in [-0.25, -0.2) is 0 Å². The lowest BCUT2D eigenvalue weighted by Gasteiger charge is -2.01. The van der Waals surface area contributed by atoms with Crippen LogP contribution in [-0.4, -0.2) is 17.1 Å². The van der Waals surface area contributed by atoms with Crippen molar-refractivity contribution in [2.75, 3.05) is 7.05 Å². The second-order valence-electron chi connectivity index (χ2n) is 3.21. The molecule has 0 fully saturated rings. The molecule has 17 heavy (non-hydrogen) atoms. The summed E-state index contributed by atoms with van der Waals surface area (Å²) in [4.78, 5) is 4.39. The van der Waals surface area contributed by atoms with E-state index >= 15 is 0 Å². The lowest BCUT2D eigenvalue weighted by atomic mass is 10.1. The van der Waals surface area contributed by atoms with Crippen LogP contribution in [0.25, 0.3) is 11.3 Å². The molecule has 3 nitrogen and oxygen atoms in total. The Balaban J connectivity index is 0.000000811. The van der Waals surface area contributed by atoms with E-state index in [2.05, 4.69) is 10.7 Å². The Morgan fingerprint density at radius 1 is 1.00 bits per heavy atom. The zero-order chi connectivity index (χ0) is 12.0. The molecular formula is C14H20N2O. The highest BCUT2D eigenvalue weighted by molar-refractivity contribution is 5.59. The van der Waals surface area contributed by atoms with Crippen molar-refractivity contribution < 1.29 is 5.11 Å². The van der Waals surface area contributed by atoms with Crippen molar-refractivity contribution in [1.29, 1.82) is 0 Å². The average molecular weight is 232 g/mol. The van der Waals surface area contributed by atoms with Crippen molar-refractivity contribution in [2.24, 2.45) is 5.73 Å². The first-order valence-corrected chi connectivity index (χ1v) is 5.06. The molecule has 0 radical (unpaired) electrons. The molecule has 2 rings (SSSR count). The zero-order valence-corrected chi connectivity index (χ0v) is 9.51. The van der Waals surface area contributed by atoms with Crippen molar-refractivity contribution >= 4 is 0 Å². The molecule has 0 bridgehead atoms. The minimum atomic E-state index is 0. The summed E-state index contributed by atoms with van der Waals surface area (Å²) in [5.74, 6) is 0.279. The number of nitrogens with zero attached hydrogens (tertiary/aromatic N) is 1. The molecule has 0 spiro atoms. The molecule has 0 aliphatic rings. The van der Waals surface area contributed by atoms with Gasteiger partial charge in [0.2, 0.25) is 0 Å². The molecule has 0 amide bonds. The molecule has 0 saturated heterocycles. The summed E-state index contributed by atoms with van der Waals surface area (Å²) in [5.41, 5.74) is 7.45. The number of rotatable bonds is 1. The summed E-state index contributed by atoms with van der Waals surface area (Å²) in [6.45, 7) is 1.96. The van der Waals surface area contributed by atoms with E-state index in [4.69, 9.17) is 5.11 Å². The van der Waals surface area contributed by atoms with Crippen LogP contribution in [0.4, 0.5) is 0 Å². The minimum absolute atomic E-state index is 0. The summed E-state index contributed by atoms with van der Waals surface area (Å²) in [6, 6.07) is 12.9. The minimum Gasteiger partial charge on any atom is -0.508 e. The maximum absolute atomic E-state index is 9.14. The average Bonchev–Trinajstić information content (AvgIpc) is 2.32. The van der Waals surface area contributed by atoms with Crippen LogP contribution in [0.2, 0.25) is 0 Å². The smallest absolute Gasteiger partial charge is 0.115 e. The fourth-order valence-corrected chi connectivity index (χ4v) is 1.34. The molecule has 1 heterocycles. The van der Waals surface area contributed by atoms with E-state index in [0.717, 1.165) is 17.0 Å². The first-order valence-electron chi connectivity index (χ1n) is 5.06. The summed E-state index contributed by atoms with van der Waals surface area (Å²) >= 11 is 0. The molecule has 1 aromatic heterocycles. The Labute approximate surface area is 103 Å². The van der Waals surface area contributed by atoms with Crippen LogP contribution in [0.15, 0.2) is 42.5 Å². The van der Waals surface area contributed by atoms with Crippen LogP contribution < -0.4 is 5.73 Å². The van der Waals surface area contributed by atoms with E-state index in [1.165, 1.54) is 7.05 Å². The first kappa shape index (κ1) is 15.1. The van der Waals surface area contributed by atoms with E-state index in [1.807, 2.05) is 37.3 Å². The van der Waals surface area contributed by atoms with Gasteiger partial charge in [0.1, 0.15) is 5.75 Å². The van der Waals surface area contributed by atoms with Gasteiger partial charge in [-0.15, -0.1) is 0 Å². The molecule has 1 aromatic carbocycles. The Hall–Kier alpha value is -1.87. The number of hydrogen-bond donors (Lipinski definition) is 2. The largest absolute Gasteiger partial charge is 0.508 e. The topological polar surface area (TPSA) is 59.1 Å². The van der Waals surface area contributed by atoms with Crippen LogP contribution in [0.3, 0.4) is 0 Å². The first-order chi connectivity index (χ1) is 7.75. The van der Waals surface area contributed by atoms with E-state index in [9.17, 15) is 0 Å². The highest BCUT2D eigenvalue weighted by Crippen LogP contribution is 2.19. The number of phenolic OH excluding ortho intramolecular Hbond substituents is 1. The van der Waals surface area contributed by atoms with E-state index in [1.54, 1.807) is 12.1 Å². The van der Waals surface area contributed by atoms with E-state index in [-0.39, 0.29) is 13.2 Å². The normalized spacial score (nSPS) is 8.65. The highest BCUT2D eigenvalue weighted by atomic mass is 16.3. The Morgan fingerprint density at radius 2 is 1.59 bits per heavy atom. The SMILES string of the molecule is C.CN.Cc1cccc(-c2ccc(O)cc2)n1. The van der Waals surface area contributed by atoms with Gasteiger partial charge in [0.15, 0.2) is 0 Å². The lowest BCUT2D eigenvalue weighted by Crippen LogP contribution is -1.85. The maximum atomic E-state index is 9.14. The number of aromatic hydroxyl groups is 1. The molecule has 0 saturated carbocycles. The molecule has 2 aromatic rings. The highest BCUT2D eigenvalue weighted by Gasteiger charge is 1.98. The molecule has 0 unspecified atom stereocenters. The molecule has 0 aliphatic heterocycles. The van der Waals surface area contributed by atoms with Crippen LogP contribution >= 0.6 is 0 Å². The van der Waals surface area contributed by atoms with Gasteiger partial charge in [-0.05, 0) is 50.4 Å². The number of benzene rings is 1. The number of hydrogen-bond acceptors (Lipinski definition) is 3. The third-order valence-electron chi connectivity index (χ3n) is 2.05. The standard InChI is InChI=1S/C12H11NO.CH5N.CH4/c1-9-3-2-4-12(13-9)10-5-7-11(14)8-6-10;1-2;/h2-8,14H,1H3;2H2,1H3;1H4. The van der Waals surface area contributed by atoms with E-state index in [0.29, 0.717) is 0 Å². The monoisotopic (exact) mass is 232 g/mol. The van der Waals surface area contributed by atoms with Crippen molar-refractivity contribution in [3.05, 3.63) is 48.2 Å². The van der Waals surface area contributed by atoms with Crippen molar-refractivity contribution in [3.63, 3.8) is 0 Å². The second kappa shape index (κ2) is 7.41. The van der Waals surface area contributed by atoms with Crippen molar-refractivity contribution in [2.45, 2.75) is 14.4 Å². The van der Waals surface area contributed by atoms with Gasteiger partial charge in [-0.2, -0.15) is 0 Å². The van der Waals surface area contributed by atoms with Gasteiger partial charge >= 0.3 is 0 Å². The summed E-state index contributed by atoms with van der Waals surface area (Å²) in [6.07, 6.45) is 0. The predicted molar refractivity (Wildman–Crippen MR) is 72.9 cm³/mol. The second-order valence-corrected chi connectivity index (χ2v) is 3.21. The van der Waals surface area contributed by atoms with Gasteiger partial charge < -0.3 is 10.8 Å². The maximum Gasteiger partial charge on any atom is 0.115 e. The van der Waals surface area contributed by atoms with Crippen molar-refractivity contribution in [3.8, 4) is 17.0 Å². The Kier molecular flexibility index (Phi) is 6.60. The molecule has 3 heteroatoms. The van der Waals surface area contributed by atoms with Crippen molar-refractivity contribution in [1.82, 2.24) is 4.98 Å².